The van der Waals surface area contributed by atoms with Gasteiger partial charge in [-0.25, -0.2) is 13.2 Å². The standard InChI is InChI=1S/C12H15ClN2O3S/c1-2-19(17,18)11-7-15(8-11)12(16)14-10-5-3-4-9(13)6-10/h3-6,11H,2,7-8H2,1H3,(H,14,16). The van der Waals surface area contributed by atoms with E-state index in [1.165, 1.54) is 4.90 Å². The fourth-order valence-corrected chi connectivity index (χ4v) is 3.31. The number of carbonyl (C=O) groups excluding carboxylic acids is 1. The highest BCUT2D eigenvalue weighted by atomic mass is 35.5. The molecule has 0 bridgehead atoms. The van der Waals surface area contributed by atoms with Crippen LogP contribution in [0.5, 0.6) is 0 Å². The summed E-state index contributed by atoms with van der Waals surface area (Å²) in [5, 5.41) is 2.79. The number of nitrogens with zero attached hydrogens (tertiary/aromatic N) is 1. The molecule has 1 saturated heterocycles. The molecule has 1 aliphatic heterocycles. The highest BCUT2D eigenvalue weighted by Crippen LogP contribution is 2.20. The molecule has 2 amide bonds. The van der Waals surface area contributed by atoms with Crippen molar-refractivity contribution < 1.29 is 13.2 Å². The Morgan fingerprint density at radius 3 is 2.74 bits per heavy atom. The number of urea groups is 1. The number of benzene rings is 1. The molecular weight excluding hydrogens is 288 g/mol. The number of halogens is 1. The van der Waals surface area contributed by atoms with Gasteiger partial charge < -0.3 is 10.2 Å². The van der Waals surface area contributed by atoms with Gasteiger partial charge in [0.2, 0.25) is 0 Å². The molecule has 0 atom stereocenters. The Kier molecular flexibility index (Phi) is 4.01. The lowest BCUT2D eigenvalue weighted by Gasteiger charge is -2.38. The minimum atomic E-state index is -3.05. The van der Waals surface area contributed by atoms with E-state index in [0.29, 0.717) is 10.7 Å². The van der Waals surface area contributed by atoms with Crippen molar-refractivity contribution in [3.63, 3.8) is 0 Å². The van der Waals surface area contributed by atoms with Gasteiger partial charge >= 0.3 is 6.03 Å². The van der Waals surface area contributed by atoms with E-state index in [1.54, 1.807) is 31.2 Å². The lowest BCUT2D eigenvalue weighted by Crippen LogP contribution is -2.58. The van der Waals surface area contributed by atoms with E-state index >= 15 is 0 Å². The third kappa shape index (κ3) is 3.19. The predicted octanol–water partition coefficient (Wildman–Crippen LogP) is 1.99. The van der Waals surface area contributed by atoms with E-state index < -0.39 is 15.1 Å². The van der Waals surface area contributed by atoms with Crippen LogP contribution in [0.2, 0.25) is 5.02 Å². The summed E-state index contributed by atoms with van der Waals surface area (Å²) in [6.07, 6.45) is 0. The Labute approximate surface area is 117 Å². The number of hydrogen-bond donors (Lipinski definition) is 1. The number of rotatable bonds is 3. The van der Waals surface area contributed by atoms with Gasteiger partial charge in [0.25, 0.3) is 0 Å². The van der Waals surface area contributed by atoms with Gasteiger partial charge in [0.1, 0.15) is 0 Å². The number of nitrogens with one attached hydrogen (secondary N) is 1. The molecule has 0 saturated carbocycles. The molecule has 1 aromatic carbocycles. The first-order chi connectivity index (χ1) is 8.92. The average Bonchev–Trinajstić information content (AvgIpc) is 2.26. The summed E-state index contributed by atoms with van der Waals surface area (Å²) in [7, 11) is -3.05. The van der Waals surface area contributed by atoms with E-state index in [1.807, 2.05) is 0 Å². The van der Waals surface area contributed by atoms with Crippen LogP contribution in [0.3, 0.4) is 0 Å². The second kappa shape index (κ2) is 5.38. The van der Waals surface area contributed by atoms with Gasteiger partial charge in [-0.05, 0) is 18.2 Å². The van der Waals surface area contributed by atoms with Crippen LogP contribution in [-0.4, -0.2) is 43.4 Å². The predicted molar refractivity (Wildman–Crippen MR) is 75.3 cm³/mol. The average molecular weight is 303 g/mol. The van der Waals surface area contributed by atoms with Crippen LogP contribution < -0.4 is 5.32 Å². The molecule has 7 heteroatoms. The Morgan fingerprint density at radius 1 is 1.47 bits per heavy atom. The van der Waals surface area contributed by atoms with E-state index in [-0.39, 0.29) is 24.9 Å². The highest BCUT2D eigenvalue weighted by molar-refractivity contribution is 7.92. The topological polar surface area (TPSA) is 66.5 Å². The SMILES string of the molecule is CCS(=O)(=O)C1CN(C(=O)Nc2cccc(Cl)c2)C1. The molecule has 1 aromatic rings. The van der Waals surface area contributed by atoms with Gasteiger partial charge in [-0.3, -0.25) is 0 Å². The van der Waals surface area contributed by atoms with Crippen LogP contribution in [0.25, 0.3) is 0 Å². The summed E-state index contributed by atoms with van der Waals surface area (Å²) in [5.41, 5.74) is 0.597. The molecule has 1 fully saturated rings. The first-order valence-electron chi connectivity index (χ1n) is 5.95. The van der Waals surface area contributed by atoms with Crippen LogP contribution in [0.15, 0.2) is 24.3 Å². The largest absolute Gasteiger partial charge is 0.322 e. The minimum Gasteiger partial charge on any atom is -0.322 e. The number of hydrogen-bond acceptors (Lipinski definition) is 3. The van der Waals surface area contributed by atoms with Gasteiger partial charge in [-0.1, -0.05) is 24.6 Å². The zero-order valence-electron chi connectivity index (χ0n) is 10.5. The molecule has 0 radical (unpaired) electrons. The number of anilines is 1. The van der Waals surface area contributed by atoms with Crippen molar-refractivity contribution in [2.45, 2.75) is 12.2 Å². The molecule has 1 heterocycles. The normalized spacial score (nSPS) is 16.0. The lowest BCUT2D eigenvalue weighted by molar-refractivity contribution is 0.182. The second-order valence-corrected chi connectivity index (χ2v) is 7.43. The first kappa shape index (κ1) is 14.1. The summed E-state index contributed by atoms with van der Waals surface area (Å²) in [6, 6.07) is 6.51. The summed E-state index contributed by atoms with van der Waals surface area (Å²) >= 11 is 5.81. The maximum absolute atomic E-state index is 11.8. The van der Waals surface area contributed by atoms with Crippen LogP contribution in [0.4, 0.5) is 10.5 Å². The van der Waals surface area contributed by atoms with E-state index in [0.717, 1.165) is 0 Å². The number of sulfone groups is 1. The Morgan fingerprint density at radius 2 is 2.16 bits per heavy atom. The van der Waals surface area contributed by atoms with Crippen molar-refractivity contribution in [2.24, 2.45) is 0 Å². The van der Waals surface area contributed by atoms with Crippen molar-refractivity contribution in [2.75, 3.05) is 24.2 Å². The number of amides is 2. The molecule has 5 nitrogen and oxygen atoms in total. The molecule has 0 aliphatic carbocycles. The zero-order valence-corrected chi connectivity index (χ0v) is 12.0. The Hall–Kier alpha value is -1.27. The summed E-state index contributed by atoms with van der Waals surface area (Å²) < 4.78 is 23.2. The second-order valence-electron chi connectivity index (χ2n) is 4.42. The van der Waals surface area contributed by atoms with Gasteiger partial charge in [0, 0.05) is 29.6 Å². The van der Waals surface area contributed by atoms with Crippen molar-refractivity contribution in [3.8, 4) is 0 Å². The molecule has 1 N–H and O–H groups in total. The van der Waals surface area contributed by atoms with Gasteiger partial charge in [0.15, 0.2) is 9.84 Å². The molecule has 2 rings (SSSR count). The third-order valence-corrected chi connectivity index (χ3v) is 5.48. The van der Waals surface area contributed by atoms with E-state index in [2.05, 4.69) is 5.32 Å². The van der Waals surface area contributed by atoms with Crippen LogP contribution in [-0.2, 0) is 9.84 Å². The van der Waals surface area contributed by atoms with Crippen LogP contribution in [0.1, 0.15) is 6.92 Å². The highest BCUT2D eigenvalue weighted by Gasteiger charge is 2.38. The van der Waals surface area contributed by atoms with Gasteiger partial charge in [-0.15, -0.1) is 0 Å². The molecular formula is C12H15ClN2O3S. The molecule has 0 spiro atoms. The Bertz CT molecular complexity index is 582. The van der Waals surface area contributed by atoms with Gasteiger partial charge in [0.05, 0.1) is 5.25 Å². The maximum Gasteiger partial charge on any atom is 0.321 e. The lowest BCUT2D eigenvalue weighted by atomic mass is 10.2. The summed E-state index contributed by atoms with van der Waals surface area (Å²) in [5.74, 6) is 0.113. The van der Waals surface area contributed by atoms with Crippen molar-refractivity contribution in [3.05, 3.63) is 29.3 Å². The fraction of sp³-hybridized carbons (Fsp3) is 0.417. The maximum atomic E-state index is 11.8. The van der Waals surface area contributed by atoms with E-state index in [4.69, 9.17) is 11.6 Å². The number of carbonyl (C=O) groups is 1. The van der Waals surface area contributed by atoms with E-state index in [9.17, 15) is 13.2 Å². The van der Waals surface area contributed by atoms with Gasteiger partial charge in [-0.2, -0.15) is 0 Å². The summed E-state index contributed by atoms with van der Waals surface area (Å²) in [4.78, 5) is 13.3. The molecule has 19 heavy (non-hydrogen) atoms. The van der Waals surface area contributed by atoms with Crippen molar-refractivity contribution in [1.29, 1.82) is 0 Å². The quantitative estimate of drug-likeness (QED) is 0.928. The molecule has 0 unspecified atom stereocenters. The fourth-order valence-electron chi connectivity index (χ4n) is 1.84. The summed E-state index contributed by atoms with van der Waals surface area (Å²) in [6.45, 7) is 2.12. The minimum absolute atomic E-state index is 0.113. The van der Waals surface area contributed by atoms with Crippen molar-refractivity contribution >= 4 is 33.2 Å². The monoisotopic (exact) mass is 302 g/mol. The molecule has 104 valence electrons. The smallest absolute Gasteiger partial charge is 0.321 e. The van der Waals surface area contributed by atoms with Crippen LogP contribution in [0, 0.1) is 0 Å². The first-order valence-corrected chi connectivity index (χ1v) is 8.05. The number of likely N-dealkylation sites (tertiary alicyclic amines) is 1. The molecule has 1 aliphatic rings. The Balaban J connectivity index is 1.91. The van der Waals surface area contributed by atoms with Crippen molar-refractivity contribution in [1.82, 2.24) is 4.90 Å². The third-order valence-electron chi connectivity index (χ3n) is 3.12. The van der Waals surface area contributed by atoms with Crippen LogP contribution >= 0.6 is 11.6 Å². The zero-order chi connectivity index (χ0) is 14.0. The molecule has 0 aromatic heterocycles.